The summed E-state index contributed by atoms with van der Waals surface area (Å²) in [6.45, 7) is 2.40. The van der Waals surface area contributed by atoms with E-state index in [-0.39, 0.29) is 30.9 Å². The lowest BCUT2D eigenvalue weighted by atomic mass is 9.96. The fourth-order valence-electron chi connectivity index (χ4n) is 4.31. The fraction of sp³-hybridized carbons (Fsp3) is 0.435. The molecule has 0 bridgehead atoms. The molecule has 3 heterocycles. The van der Waals surface area contributed by atoms with Crippen molar-refractivity contribution in [1.82, 2.24) is 29.5 Å². The van der Waals surface area contributed by atoms with Gasteiger partial charge in [0.1, 0.15) is 12.4 Å². The summed E-state index contributed by atoms with van der Waals surface area (Å²) in [5.74, 6) is 0.210. The molecule has 1 atom stereocenters. The summed E-state index contributed by atoms with van der Waals surface area (Å²) in [6, 6.07) is 5.34. The molecule has 2 aromatic heterocycles. The first kappa shape index (κ1) is 23.3. The van der Waals surface area contributed by atoms with E-state index in [9.17, 15) is 19.5 Å². The largest absolute Gasteiger partial charge is 0.465 e. The third kappa shape index (κ3) is 4.59. The Morgan fingerprint density at radius 1 is 1.26 bits per heavy atom. The van der Waals surface area contributed by atoms with Crippen LogP contribution in [0.3, 0.4) is 0 Å². The average molecular weight is 468 g/mol. The van der Waals surface area contributed by atoms with Gasteiger partial charge in [-0.2, -0.15) is 5.10 Å². The van der Waals surface area contributed by atoms with E-state index < -0.39 is 6.09 Å². The number of anilines is 1. The fourth-order valence-corrected chi connectivity index (χ4v) is 4.31. The van der Waals surface area contributed by atoms with Crippen molar-refractivity contribution in [2.45, 2.75) is 45.3 Å². The number of amides is 3. The molecule has 0 radical (unpaired) electrons. The Morgan fingerprint density at radius 3 is 2.74 bits per heavy atom. The van der Waals surface area contributed by atoms with E-state index >= 15 is 0 Å². The second-order valence-corrected chi connectivity index (χ2v) is 8.67. The number of benzene rings is 1. The predicted octanol–water partition coefficient (Wildman–Crippen LogP) is 1.50. The van der Waals surface area contributed by atoms with Crippen LogP contribution in [0.25, 0.3) is 11.0 Å². The van der Waals surface area contributed by atoms with Crippen molar-refractivity contribution in [1.29, 1.82) is 0 Å². The molecule has 0 aliphatic carbocycles. The first-order valence-electron chi connectivity index (χ1n) is 11.2. The van der Waals surface area contributed by atoms with E-state index in [1.54, 1.807) is 31.0 Å². The minimum atomic E-state index is -0.990. The van der Waals surface area contributed by atoms with Gasteiger partial charge in [0.15, 0.2) is 0 Å². The van der Waals surface area contributed by atoms with Gasteiger partial charge in [0, 0.05) is 51.1 Å². The number of fused-ring (bicyclic) bond motifs is 3. The van der Waals surface area contributed by atoms with Crippen molar-refractivity contribution in [2.24, 2.45) is 0 Å². The Kier molecular flexibility index (Phi) is 6.53. The summed E-state index contributed by atoms with van der Waals surface area (Å²) in [7, 11) is 3.27. The van der Waals surface area contributed by atoms with Crippen LogP contribution in [0, 0.1) is 0 Å². The molecule has 0 unspecified atom stereocenters. The lowest BCUT2D eigenvalue weighted by molar-refractivity contribution is -0.131. The summed E-state index contributed by atoms with van der Waals surface area (Å²) in [5, 5.41) is 16.7. The molecule has 4 rings (SSSR count). The number of rotatable bonds is 7. The minimum absolute atomic E-state index is 0.00346. The topological polar surface area (TPSA) is 126 Å². The van der Waals surface area contributed by atoms with Crippen molar-refractivity contribution in [3.8, 4) is 0 Å². The summed E-state index contributed by atoms with van der Waals surface area (Å²) in [6.07, 6.45) is 4.51. The Bertz CT molecular complexity index is 1220. The minimum Gasteiger partial charge on any atom is -0.465 e. The van der Waals surface area contributed by atoms with Gasteiger partial charge in [-0.15, -0.1) is 0 Å². The zero-order chi connectivity index (χ0) is 24.4. The van der Waals surface area contributed by atoms with E-state index in [4.69, 9.17) is 4.98 Å². The number of aryl methyl sites for hydroxylation is 3. The first-order chi connectivity index (χ1) is 16.3. The Balaban J connectivity index is 1.69. The number of hydrogen-bond donors (Lipinski definition) is 2. The van der Waals surface area contributed by atoms with Gasteiger partial charge < -0.3 is 19.9 Å². The number of carbonyl (C=O) groups is 3. The SMILES string of the molecule is C[C@H]1CCc2c(ccc3c2nc(CCn2cccn2)n3CC(=O)NCC(=O)N(C)C)N1C(=O)O. The molecule has 2 N–H and O–H groups in total. The number of likely N-dealkylation sites (N-methyl/N-ethyl adjacent to an activating group) is 1. The van der Waals surface area contributed by atoms with Crippen LogP contribution in [-0.2, 0) is 35.5 Å². The van der Waals surface area contributed by atoms with E-state index in [1.807, 2.05) is 29.8 Å². The maximum Gasteiger partial charge on any atom is 0.412 e. The van der Waals surface area contributed by atoms with Crippen molar-refractivity contribution in [3.05, 3.63) is 42.0 Å². The van der Waals surface area contributed by atoms with Crippen LogP contribution < -0.4 is 10.2 Å². The molecule has 34 heavy (non-hydrogen) atoms. The van der Waals surface area contributed by atoms with E-state index in [1.165, 1.54) is 9.80 Å². The van der Waals surface area contributed by atoms with Gasteiger partial charge in [-0.25, -0.2) is 9.78 Å². The summed E-state index contributed by atoms with van der Waals surface area (Å²) >= 11 is 0. The zero-order valence-corrected chi connectivity index (χ0v) is 19.6. The van der Waals surface area contributed by atoms with Gasteiger partial charge in [-0.1, -0.05) is 0 Å². The third-order valence-corrected chi connectivity index (χ3v) is 6.16. The van der Waals surface area contributed by atoms with Crippen LogP contribution in [0.15, 0.2) is 30.6 Å². The third-order valence-electron chi connectivity index (χ3n) is 6.16. The molecule has 0 saturated heterocycles. The smallest absolute Gasteiger partial charge is 0.412 e. The quantitative estimate of drug-likeness (QED) is 0.542. The molecule has 180 valence electrons. The van der Waals surface area contributed by atoms with Gasteiger partial charge in [0.25, 0.3) is 0 Å². The second-order valence-electron chi connectivity index (χ2n) is 8.67. The van der Waals surface area contributed by atoms with Crippen LogP contribution in [0.2, 0.25) is 0 Å². The van der Waals surface area contributed by atoms with Crippen LogP contribution in [0.4, 0.5) is 10.5 Å². The van der Waals surface area contributed by atoms with Crippen LogP contribution in [0.5, 0.6) is 0 Å². The van der Waals surface area contributed by atoms with Gasteiger partial charge in [-0.3, -0.25) is 19.2 Å². The highest BCUT2D eigenvalue weighted by atomic mass is 16.4. The number of nitrogens with one attached hydrogen (secondary N) is 1. The monoisotopic (exact) mass is 467 g/mol. The maximum absolute atomic E-state index is 12.7. The Labute approximate surface area is 197 Å². The van der Waals surface area contributed by atoms with Gasteiger partial charge in [0.05, 0.1) is 23.3 Å². The molecule has 0 spiro atoms. The molecular weight excluding hydrogens is 438 g/mol. The molecule has 3 amide bonds. The predicted molar refractivity (Wildman–Crippen MR) is 126 cm³/mol. The van der Waals surface area contributed by atoms with E-state index in [2.05, 4.69) is 10.4 Å². The molecule has 11 nitrogen and oxygen atoms in total. The number of carboxylic acid groups (broad SMARTS) is 1. The maximum atomic E-state index is 12.7. The molecule has 0 fully saturated rings. The molecular formula is C23H29N7O4. The highest BCUT2D eigenvalue weighted by Gasteiger charge is 2.30. The highest BCUT2D eigenvalue weighted by molar-refractivity contribution is 5.95. The molecule has 1 aliphatic rings. The lowest BCUT2D eigenvalue weighted by Crippen LogP contribution is -2.41. The molecule has 11 heteroatoms. The van der Waals surface area contributed by atoms with Crippen molar-refractivity contribution >= 4 is 34.6 Å². The summed E-state index contributed by atoms with van der Waals surface area (Å²) in [5.41, 5.74) is 3.00. The van der Waals surface area contributed by atoms with Crippen molar-refractivity contribution in [3.63, 3.8) is 0 Å². The number of carbonyl (C=O) groups excluding carboxylic acids is 2. The van der Waals surface area contributed by atoms with E-state index in [0.717, 1.165) is 11.1 Å². The highest BCUT2D eigenvalue weighted by Crippen LogP contribution is 2.36. The van der Waals surface area contributed by atoms with Crippen LogP contribution in [0.1, 0.15) is 24.7 Å². The van der Waals surface area contributed by atoms with Gasteiger partial charge in [0.2, 0.25) is 11.8 Å². The number of imidazole rings is 1. The van der Waals surface area contributed by atoms with E-state index in [0.29, 0.717) is 42.8 Å². The zero-order valence-electron chi connectivity index (χ0n) is 19.6. The van der Waals surface area contributed by atoms with Gasteiger partial charge >= 0.3 is 6.09 Å². The number of nitrogens with zero attached hydrogens (tertiary/aromatic N) is 6. The van der Waals surface area contributed by atoms with Crippen LogP contribution in [-0.4, -0.2) is 73.9 Å². The molecule has 1 aromatic carbocycles. The molecule has 0 saturated carbocycles. The number of hydrogen-bond acceptors (Lipinski definition) is 5. The molecule has 1 aliphatic heterocycles. The van der Waals surface area contributed by atoms with Crippen molar-refractivity contribution in [2.75, 3.05) is 25.5 Å². The Morgan fingerprint density at radius 2 is 2.06 bits per heavy atom. The Hall–Kier alpha value is -3.89. The normalized spacial score (nSPS) is 15.3. The lowest BCUT2D eigenvalue weighted by Gasteiger charge is -2.33. The van der Waals surface area contributed by atoms with Crippen molar-refractivity contribution < 1.29 is 19.5 Å². The summed E-state index contributed by atoms with van der Waals surface area (Å²) in [4.78, 5) is 44.1. The van der Waals surface area contributed by atoms with Crippen LogP contribution >= 0.6 is 0 Å². The summed E-state index contributed by atoms with van der Waals surface area (Å²) < 4.78 is 3.64. The molecule has 3 aromatic rings. The average Bonchev–Trinajstić information content (AvgIpc) is 3.43. The second kappa shape index (κ2) is 9.54. The first-order valence-corrected chi connectivity index (χ1v) is 11.2. The number of aromatic nitrogens is 4. The van der Waals surface area contributed by atoms with Gasteiger partial charge in [-0.05, 0) is 38.0 Å². The standard InChI is InChI=1S/C23H29N7O4/c1-15-5-6-16-17(30(15)23(33)34)7-8-18-22(16)26-19(9-12-28-11-4-10-25-28)29(18)14-20(31)24-13-21(32)27(2)3/h4,7-8,10-11,15H,5-6,9,12-14H2,1-3H3,(H,24,31)(H,33,34)/t15-/m0/s1.